The molecule has 2 rings (SSSR count). The zero-order valence-electron chi connectivity index (χ0n) is 16.4. The lowest BCUT2D eigenvalue weighted by atomic mass is 10.2. The van der Waals surface area contributed by atoms with Gasteiger partial charge in [-0.15, -0.1) is 0 Å². The van der Waals surface area contributed by atoms with Gasteiger partial charge in [-0.1, -0.05) is 29.8 Å². The van der Waals surface area contributed by atoms with Crippen molar-refractivity contribution >= 4 is 17.9 Å². The summed E-state index contributed by atoms with van der Waals surface area (Å²) in [5, 5.41) is 5.37. The molecule has 0 spiro atoms. The van der Waals surface area contributed by atoms with Crippen LogP contribution in [0.2, 0.25) is 0 Å². The van der Waals surface area contributed by atoms with E-state index in [9.17, 15) is 9.59 Å². The zero-order chi connectivity index (χ0) is 20.4. The Morgan fingerprint density at radius 2 is 1.68 bits per heavy atom. The summed E-state index contributed by atoms with van der Waals surface area (Å²) >= 11 is 0. The molecule has 0 aromatic heterocycles. The molecular weight excluding hydrogens is 356 g/mol. The molecule has 6 heteroatoms. The van der Waals surface area contributed by atoms with Gasteiger partial charge in [0.15, 0.2) is 0 Å². The summed E-state index contributed by atoms with van der Waals surface area (Å²) in [6, 6.07) is 14.4. The SMILES string of the molecule is COc1ccc(/C=C/C(=O)NC(C)C(=O)NCCOc2ccc(C)cc2)cc1. The zero-order valence-corrected chi connectivity index (χ0v) is 16.4. The first-order valence-corrected chi connectivity index (χ1v) is 9.08. The minimum absolute atomic E-state index is 0.265. The second-order valence-corrected chi connectivity index (χ2v) is 6.29. The van der Waals surface area contributed by atoms with Crippen molar-refractivity contribution in [2.45, 2.75) is 19.9 Å². The first kappa shape index (κ1) is 21.0. The Bertz CT molecular complexity index is 798. The van der Waals surface area contributed by atoms with Crippen LogP contribution in [0.25, 0.3) is 6.08 Å². The second kappa shape index (κ2) is 10.8. The first-order valence-electron chi connectivity index (χ1n) is 9.08. The quantitative estimate of drug-likeness (QED) is 0.516. The predicted molar refractivity (Wildman–Crippen MR) is 109 cm³/mol. The van der Waals surface area contributed by atoms with E-state index < -0.39 is 6.04 Å². The van der Waals surface area contributed by atoms with Gasteiger partial charge < -0.3 is 20.1 Å². The fourth-order valence-corrected chi connectivity index (χ4v) is 2.34. The fourth-order valence-electron chi connectivity index (χ4n) is 2.34. The van der Waals surface area contributed by atoms with Crippen molar-refractivity contribution < 1.29 is 19.1 Å². The molecule has 0 saturated heterocycles. The average molecular weight is 382 g/mol. The molecule has 148 valence electrons. The van der Waals surface area contributed by atoms with Crippen molar-refractivity contribution in [3.05, 3.63) is 65.7 Å². The number of ether oxygens (including phenoxy) is 2. The number of aryl methyl sites for hydroxylation is 1. The van der Waals surface area contributed by atoms with Crippen molar-refractivity contribution in [1.29, 1.82) is 0 Å². The van der Waals surface area contributed by atoms with Crippen molar-refractivity contribution in [3.8, 4) is 11.5 Å². The van der Waals surface area contributed by atoms with Crippen molar-refractivity contribution in [3.63, 3.8) is 0 Å². The highest BCUT2D eigenvalue weighted by Gasteiger charge is 2.13. The van der Waals surface area contributed by atoms with Crippen molar-refractivity contribution in [1.82, 2.24) is 10.6 Å². The summed E-state index contributed by atoms with van der Waals surface area (Å²) in [5.41, 5.74) is 2.02. The van der Waals surface area contributed by atoms with Crippen LogP contribution in [0.4, 0.5) is 0 Å². The minimum atomic E-state index is -0.646. The molecule has 0 aliphatic rings. The van der Waals surface area contributed by atoms with Gasteiger partial charge >= 0.3 is 0 Å². The molecule has 2 aromatic rings. The van der Waals surface area contributed by atoms with Crippen LogP contribution in [-0.2, 0) is 9.59 Å². The van der Waals surface area contributed by atoms with Crippen LogP contribution in [0.3, 0.4) is 0 Å². The van der Waals surface area contributed by atoms with E-state index in [1.165, 1.54) is 6.08 Å². The molecular formula is C22H26N2O4. The van der Waals surface area contributed by atoms with Gasteiger partial charge in [0.1, 0.15) is 24.1 Å². The van der Waals surface area contributed by atoms with Crippen LogP contribution >= 0.6 is 0 Å². The number of nitrogens with one attached hydrogen (secondary N) is 2. The van der Waals surface area contributed by atoms with Crippen LogP contribution in [0.5, 0.6) is 11.5 Å². The lowest BCUT2D eigenvalue weighted by Crippen LogP contribution is -2.45. The third kappa shape index (κ3) is 7.15. The Kier molecular flexibility index (Phi) is 8.09. The van der Waals surface area contributed by atoms with Crippen molar-refractivity contribution in [2.75, 3.05) is 20.3 Å². The number of hydrogen-bond acceptors (Lipinski definition) is 4. The Morgan fingerprint density at radius 3 is 2.32 bits per heavy atom. The predicted octanol–water partition coefficient (Wildman–Crippen LogP) is 2.72. The van der Waals surface area contributed by atoms with Crippen LogP contribution in [0.1, 0.15) is 18.1 Å². The molecule has 0 heterocycles. The average Bonchev–Trinajstić information content (AvgIpc) is 2.71. The molecule has 2 amide bonds. The van der Waals surface area contributed by atoms with Gasteiger partial charge in [0, 0.05) is 6.08 Å². The van der Waals surface area contributed by atoms with E-state index >= 15 is 0 Å². The third-order valence-electron chi connectivity index (χ3n) is 3.99. The lowest BCUT2D eigenvalue weighted by Gasteiger charge is -2.13. The molecule has 0 aliphatic heterocycles. The normalized spacial score (nSPS) is 11.7. The maximum Gasteiger partial charge on any atom is 0.244 e. The second-order valence-electron chi connectivity index (χ2n) is 6.29. The molecule has 1 atom stereocenters. The van der Waals surface area contributed by atoms with E-state index in [1.54, 1.807) is 20.1 Å². The van der Waals surface area contributed by atoms with E-state index in [0.717, 1.165) is 22.6 Å². The molecule has 6 nitrogen and oxygen atoms in total. The smallest absolute Gasteiger partial charge is 0.244 e. The Hall–Kier alpha value is -3.28. The molecule has 0 aliphatic carbocycles. The monoisotopic (exact) mass is 382 g/mol. The summed E-state index contributed by atoms with van der Waals surface area (Å²) in [6.45, 7) is 4.35. The largest absolute Gasteiger partial charge is 0.497 e. The molecule has 0 radical (unpaired) electrons. The highest BCUT2D eigenvalue weighted by Crippen LogP contribution is 2.12. The van der Waals surface area contributed by atoms with E-state index in [4.69, 9.17) is 9.47 Å². The molecule has 2 N–H and O–H groups in total. The van der Waals surface area contributed by atoms with E-state index in [0.29, 0.717) is 13.2 Å². The number of methoxy groups -OCH3 is 1. The third-order valence-corrected chi connectivity index (χ3v) is 3.99. The number of carbonyl (C=O) groups is 2. The van der Waals surface area contributed by atoms with Gasteiger partial charge in [-0.3, -0.25) is 9.59 Å². The van der Waals surface area contributed by atoms with Gasteiger partial charge in [0.05, 0.1) is 13.7 Å². The highest BCUT2D eigenvalue weighted by atomic mass is 16.5. The van der Waals surface area contributed by atoms with Gasteiger partial charge in [0.2, 0.25) is 11.8 Å². The number of benzene rings is 2. The number of carbonyl (C=O) groups excluding carboxylic acids is 2. The van der Waals surface area contributed by atoms with E-state index in [1.807, 2.05) is 55.5 Å². The van der Waals surface area contributed by atoms with E-state index in [2.05, 4.69) is 10.6 Å². The van der Waals surface area contributed by atoms with Crippen LogP contribution in [0.15, 0.2) is 54.6 Å². The van der Waals surface area contributed by atoms with Crippen LogP contribution in [0, 0.1) is 6.92 Å². The van der Waals surface area contributed by atoms with Gasteiger partial charge in [0.25, 0.3) is 0 Å². The Labute approximate surface area is 165 Å². The van der Waals surface area contributed by atoms with Gasteiger partial charge in [-0.25, -0.2) is 0 Å². The molecule has 0 bridgehead atoms. The van der Waals surface area contributed by atoms with Gasteiger partial charge in [-0.05, 0) is 49.8 Å². The number of amides is 2. The molecule has 1 unspecified atom stereocenters. The van der Waals surface area contributed by atoms with Gasteiger partial charge in [-0.2, -0.15) is 0 Å². The standard InChI is InChI=1S/C22H26N2O4/c1-16-4-9-20(10-5-16)28-15-14-23-22(26)17(2)24-21(25)13-8-18-6-11-19(27-3)12-7-18/h4-13,17H,14-15H2,1-3H3,(H,23,26)(H,24,25)/b13-8+. The number of hydrogen-bond donors (Lipinski definition) is 2. The fraction of sp³-hybridized carbons (Fsp3) is 0.273. The maximum atomic E-state index is 12.1. The summed E-state index contributed by atoms with van der Waals surface area (Å²) in [6.07, 6.45) is 3.07. The highest BCUT2D eigenvalue weighted by molar-refractivity contribution is 5.95. The molecule has 2 aromatic carbocycles. The molecule has 0 fully saturated rings. The number of rotatable bonds is 9. The Balaban J connectivity index is 1.69. The maximum absolute atomic E-state index is 12.1. The van der Waals surface area contributed by atoms with Crippen molar-refractivity contribution in [2.24, 2.45) is 0 Å². The van der Waals surface area contributed by atoms with Crippen LogP contribution in [-0.4, -0.2) is 38.1 Å². The first-order chi connectivity index (χ1) is 13.5. The molecule has 0 saturated carbocycles. The summed E-state index contributed by atoms with van der Waals surface area (Å²) in [7, 11) is 1.60. The summed E-state index contributed by atoms with van der Waals surface area (Å²) in [4.78, 5) is 24.0. The van der Waals surface area contributed by atoms with E-state index in [-0.39, 0.29) is 11.8 Å². The lowest BCUT2D eigenvalue weighted by molar-refractivity contribution is -0.126. The minimum Gasteiger partial charge on any atom is -0.497 e. The topological polar surface area (TPSA) is 76.7 Å². The summed E-state index contributed by atoms with van der Waals surface area (Å²) < 4.78 is 10.6. The summed E-state index contributed by atoms with van der Waals surface area (Å²) in [5.74, 6) is 0.899. The van der Waals surface area contributed by atoms with Crippen LogP contribution < -0.4 is 20.1 Å². The Morgan fingerprint density at radius 1 is 1.04 bits per heavy atom. The molecule has 28 heavy (non-hydrogen) atoms.